The lowest BCUT2D eigenvalue weighted by molar-refractivity contribution is -0.0975. The molecule has 96 valence electrons. The third kappa shape index (κ3) is 2.78. The van der Waals surface area contributed by atoms with E-state index in [0.717, 1.165) is 5.92 Å². The van der Waals surface area contributed by atoms with Crippen molar-refractivity contribution >= 4 is 0 Å². The minimum Gasteiger partial charge on any atom is -0.377 e. The molecule has 0 spiro atoms. The maximum Gasteiger partial charge on any atom is 0.0836 e. The molecule has 0 saturated heterocycles. The quantitative estimate of drug-likeness (QED) is 0.799. The molecule has 0 bridgehead atoms. The molecule has 2 nitrogen and oxygen atoms in total. The van der Waals surface area contributed by atoms with E-state index in [1.165, 1.54) is 25.7 Å². The standard InChI is InChI=1S/C14H29NO/c1-11-7-9-14(16-6,10-8-11)12(15-5)13(2,3)4/h11-12,15H,7-10H2,1-6H3. The van der Waals surface area contributed by atoms with E-state index in [0.29, 0.717) is 6.04 Å². The fourth-order valence-electron chi connectivity index (χ4n) is 3.35. The molecule has 0 heterocycles. The van der Waals surface area contributed by atoms with Gasteiger partial charge in [0.25, 0.3) is 0 Å². The number of methoxy groups -OCH3 is 1. The molecular weight excluding hydrogens is 198 g/mol. The molecular formula is C14H29NO. The molecule has 0 aromatic rings. The van der Waals surface area contributed by atoms with E-state index in [-0.39, 0.29) is 11.0 Å². The van der Waals surface area contributed by atoms with Gasteiger partial charge in [0.1, 0.15) is 0 Å². The highest BCUT2D eigenvalue weighted by molar-refractivity contribution is 5.01. The van der Waals surface area contributed by atoms with Gasteiger partial charge in [-0.2, -0.15) is 0 Å². The fourth-order valence-corrected chi connectivity index (χ4v) is 3.35. The van der Waals surface area contributed by atoms with E-state index in [2.05, 4.69) is 40.1 Å². The minimum absolute atomic E-state index is 0.0412. The summed E-state index contributed by atoms with van der Waals surface area (Å²) >= 11 is 0. The van der Waals surface area contributed by atoms with Crippen LogP contribution in [0.15, 0.2) is 0 Å². The number of hydrogen-bond donors (Lipinski definition) is 1. The lowest BCUT2D eigenvalue weighted by Gasteiger charge is -2.49. The Morgan fingerprint density at radius 3 is 2.06 bits per heavy atom. The van der Waals surface area contributed by atoms with Crippen molar-refractivity contribution in [3.63, 3.8) is 0 Å². The number of nitrogens with one attached hydrogen (secondary N) is 1. The van der Waals surface area contributed by atoms with Crippen LogP contribution in [-0.4, -0.2) is 25.8 Å². The first kappa shape index (κ1) is 14.0. The van der Waals surface area contributed by atoms with Crippen LogP contribution in [0.25, 0.3) is 0 Å². The maximum absolute atomic E-state index is 5.94. The fraction of sp³-hybridized carbons (Fsp3) is 1.00. The third-order valence-electron chi connectivity index (χ3n) is 4.21. The van der Waals surface area contributed by atoms with Gasteiger partial charge in [0.05, 0.1) is 5.60 Å². The smallest absolute Gasteiger partial charge is 0.0836 e. The van der Waals surface area contributed by atoms with Crippen molar-refractivity contribution in [2.45, 2.75) is 65.0 Å². The Kier molecular flexibility index (Phi) is 4.42. The summed E-state index contributed by atoms with van der Waals surface area (Å²) in [6.07, 6.45) is 4.96. The molecule has 0 amide bonds. The van der Waals surface area contributed by atoms with Crippen LogP contribution in [-0.2, 0) is 4.74 Å². The Balaban J connectivity index is 2.86. The van der Waals surface area contributed by atoms with Gasteiger partial charge in [0.2, 0.25) is 0 Å². The summed E-state index contributed by atoms with van der Waals surface area (Å²) in [5.41, 5.74) is 0.283. The van der Waals surface area contributed by atoms with Crippen LogP contribution in [0.1, 0.15) is 53.4 Å². The average molecular weight is 227 g/mol. The summed E-state index contributed by atoms with van der Waals surface area (Å²) < 4.78 is 5.94. The highest BCUT2D eigenvalue weighted by Crippen LogP contribution is 2.41. The van der Waals surface area contributed by atoms with Crippen LogP contribution in [0.3, 0.4) is 0 Å². The number of likely N-dealkylation sites (N-methyl/N-ethyl adjacent to an activating group) is 1. The van der Waals surface area contributed by atoms with E-state index in [9.17, 15) is 0 Å². The number of rotatable bonds is 3. The summed E-state index contributed by atoms with van der Waals surface area (Å²) in [6.45, 7) is 9.25. The van der Waals surface area contributed by atoms with Crippen molar-refractivity contribution < 1.29 is 4.74 Å². The predicted octanol–water partition coefficient (Wildman–Crippen LogP) is 3.22. The Bertz CT molecular complexity index is 211. The van der Waals surface area contributed by atoms with Crippen LogP contribution >= 0.6 is 0 Å². The molecule has 0 aliphatic heterocycles. The van der Waals surface area contributed by atoms with Gasteiger partial charge in [0, 0.05) is 13.2 Å². The summed E-state index contributed by atoms with van der Waals surface area (Å²) in [5, 5.41) is 3.49. The summed E-state index contributed by atoms with van der Waals surface area (Å²) in [5.74, 6) is 0.862. The largest absolute Gasteiger partial charge is 0.377 e. The van der Waals surface area contributed by atoms with Gasteiger partial charge >= 0.3 is 0 Å². The van der Waals surface area contributed by atoms with Gasteiger partial charge in [-0.15, -0.1) is 0 Å². The summed E-state index contributed by atoms with van der Waals surface area (Å²) in [6, 6.07) is 0.428. The van der Waals surface area contributed by atoms with Gasteiger partial charge < -0.3 is 10.1 Å². The average Bonchev–Trinajstić information content (AvgIpc) is 2.20. The van der Waals surface area contributed by atoms with Crippen LogP contribution in [0, 0.1) is 11.3 Å². The van der Waals surface area contributed by atoms with Gasteiger partial charge in [-0.05, 0) is 44.1 Å². The molecule has 0 radical (unpaired) electrons. The summed E-state index contributed by atoms with van der Waals surface area (Å²) in [7, 11) is 3.95. The van der Waals surface area contributed by atoms with Crippen LogP contribution in [0.5, 0.6) is 0 Å². The monoisotopic (exact) mass is 227 g/mol. The van der Waals surface area contributed by atoms with Crippen molar-refractivity contribution in [2.24, 2.45) is 11.3 Å². The summed E-state index contributed by atoms with van der Waals surface area (Å²) in [4.78, 5) is 0. The van der Waals surface area contributed by atoms with Crippen molar-refractivity contribution in [3.05, 3.63) is 0 Å². The second kappa shape index (κ2) is 5.05. The van der Waals surface area contributed by atoms with E-state index in [1.807, 2.05) is 7.11 Å². The molecule has 2 heteroatoms. The zero-order chi connectivity index (χ0) is 12.4. The van der Waals surface area contributed by atoms with Crippen molar-refractivity contribution in [1.29, 1.82) is 0 Å². The van der Waals surface area contributed by atoms with E-state index in [1.54, 1.807) is 0 Å². The normalized spacial score (nSPS) is 33.8. The van der Waals surface area contributed by atoms with Crippen molar-refractivity contribution in [1.82, 2.24) is 5.32 Å². The molecule has 0 aromatic heterocycles. The third-order valence-corrected chi connectivity index (χ3v) is 4.21. The predicted molar refractivity (Wildman–Crippen MR) is 69.7 cm³/mol. The molecule has 1 saturated carbocycles. The van der Waals surface area contributed by atoms with E-state index >= 15 is 0 Å². The first-order valence-electron chi connectivity index (χ1n) is 6.58. The molecule has 1 unspecified atom stereocenters. The number of hydrogen-bond acceptors (Lipinski definition) is 2. The van der Waals surface area contributed by atoms with Gasteiger partial charge in [-0.3, -0.25) is 0 Å². The Morgan fingerprint density at radius 1 is 1.25 bits per heavy atom. The lowest BCUT2D eigenvalue weighted by atomic mass is 9.68. The highest BCUT2D eigenvalue weighted by Gasteiger charge is 2.45. The molecule has 16 heavy (non-hydrogen) atoms. The molecule has 1 aliphatic rings. The first-order valence-corrected chi connectivity index (χ1v) is 6.58. The Morgan fingerprint density at radius 2 is 1.75 bits per heavy atom. The number of ether oxygens (including phenoxy) is 1. The first-order chi connectivity index (χ1) is 7.35. The minimum atomic E-state index is 0.0412. The Labute approximate surface area is 101 Å². The molecule has 0 aromatic carbocycles. The van der Waals surface area contributed by atoms with Gasteiger partial charge in [-0.1, -0.05) is 27.7 Å². The molecule has 1 fully saturated rings. The van der Waals surface area contributed by atoms with Crippen molar-refractivity contribution in [2.75, 3.05) is 14.2 Å². The van der Waals surface area contributed by atoms with Crippen LogP contribution in [0.4, 0.5) is 0 Å². The van der Waals surface area contributed by atoms with E-state index < -0.39 is 0 Å². The second-order valence-corrected chi connectivity index (χ2v) is 6.54. The Hall–Kier alpha value is -0.0800. The van der Waals surface area contributed by atoms with E-state index in [4.69, 9.17) is 4.74 Å². The SMILES string of the molecule is CNC(C(C)(C)C)C1(OC)CCC(C)CC1. The molecule has 1 atom stereocenters. The highest BCUT2D eigenvalue weighted by atomic mass is 16.5. The van der Waals surface area contributed by atoms with Gasteiger partial charge in [-0.25, -0.2) is 0 Å². The van der Waals surface area contributed by atoms with Crippen molar-refractivity contribution in [3.8, 4) is 0 Å². The topological polar surface area (TPSA) is 21.3 Å². The van der Waals surface area contributed by atoms with Crippen LogP contribution < -0.4 is 5.32 Å². The lowest BCUT2D eigenvalue weighted by Crippen LogP contribution is -2.58. The molecule has 1 aliphatic carbocycles. The zero-order valence-electron chi connectivity index (χ0n) is 11.9. The second-order valence-electron chi connectivity index (χ2n) is 6.54. The molecule has 1 rings (SSSR count). The zero-order valence-corrected chi connectivity index (χ0v) is 11.9. The molecule has 1 N–H and O–H groups in total. The van der Waals surface area contributed by atoms with Gasteiger partial charge in [0.15, 0.2) is 0 Å². The van der Waals surface area contributed by atoms with Crippen LogP contribution in [0.2, 0.25) is 0 Å². The maximum atomic E-state index is 5.94.